The Morgan fingerprint density at radius 2 is 1.62 bits per heavy atom. The van der Waals surface area contributed by atoms with E-state index in [4.69, 9.17) is 5.14 Å². The average Bonchev–Trinajstić information content (AvgIpc) is 2.76. The quantitative estimate of drug-likeness (QED) is 0.887. The van der Waals surface area contributed by atoms with Crippen LogP contribution < -0.4 is 10.5 Å². The molecular formula is C15H22N2O3S. The van der Waals surface area contributed by atoms with E-state index >= 15 is 0 Å². The molecule has 0 heterocycles. The third-order valence-electron chi connectivity index (χ3n) is 5.23. The maximum Gasteiger partial charge on any atom is 0.251 e. The summed E-state index contributed by atoms with van der Waals surface area (Å²) in [6, 6.07) is 5.63. The zero-order valence-corrected chi connectivity index (χ0v) is 13.6. The monoisotopic (exact) mass is 310 g/mol. The van der Waals surface area contributed by atoms with Gasteiger partial charge in [-0.2, -0.15) is 0 Å². The van der Waals surface area contributed by atoms with E-state index in [1.54, 1.807) is 0 Å². The van der Waals surface area contributed by atoms with E-state index in [1.165, 1.54) is 24.3 Å². The summed E-state index contributed by atoms with van der Waals surface area (Å²) in [6.45, 7) is 9.42. The molecule has 1 aromatic rings. The van der Waals surface area contributed by atoms with Crippen LogP contribution in [0.25, 0.3) is 0 Å². The Balaban J connectivity index is 1.99. The highest BCUT2D eigenvalue weighted by Gasteiger charge is 2.64. The van der Waals surface area contributed by atoms with Gasteiger partial charge in [-0.25, -0.2) is 13.6 Å². The Morgan fingerprint density at radius 3 is 2.00 bits per heavy atom. The fourth-order valence-electron chi connectivity index (χ4n) is 2.94. The molecule has 1 saturated carbocycles. The van der Waals surface area contributed by atoms with E-state index in [0.29, 0.717) is 18.0 Å². The van der Waals surface area contributed by atoms with Crippen LogP contribution in [-0.2, 0) is 10.0 Å². The van der Waals surface area contributed by atoms with Gasteiger partial charge in [-0.3, -0.25) is 4.79 Å². The van der Waals surface area contributed by atoms with Crippen LogP contribution in [0.5, 0.6) is 0 Å². The van der Waals surface area contributed by atoms with Gasteiger partial charge in [0.25, 0.3) is 5.91 Å². The van der Waals surface area contributed by atoms with E-state index < -0.39 is 10.0 Å². The van der Waals surface area contributed by atoms with Crippen molar-refractivity contribution in [3.05, 3.63) is 29.8 Å². The molecule has 1 aliphatic carbocycles. The maximum atomic E-state index is 12.1. The van der Waals surface area contributed by atoms with Gasteiger partial charge in [0.05, 0.1) is 4.90 Å². The highest BCUT2D eigenvalue weighted by molar-refractivity contribution is 7.89. The van der Waals surface area contributed by atoms with Crippen LogP contribution in [0.2, 0.25) is 0 Å². The van der Waals surface area contributed by atoms with E-state index in [9.17, 15) is 13.2 Å². The van der Waals surface area contributed by atoms with Gasteiger partial charge in [0.15, 0.2) is 0 Å². The summed E-state index contributed by atoms with van der Waals surface area (Å²) < 4.78 is 22.3. The highest BCUT2D eigenvalue weighted by Crippen LogP contribution is 2.67. The van der Waals surface area contributed by atoms with Gasteiger partial charge in [0, 0.05) is 12.1 Å². The maximum absolute atomic E-state index is 12.1. The molecular weight excluding hydrogens is 288 g/mol. The van der Waals surface area contributed by atoms with Crippen molar-refractivity contribution in [1.29, 1.82) is 0 Å². The number of amides is 1. The van der Waals surface area contributed by atoms with E-state index in [2.05, 4.69) is 33.0 Å². The number of hydrogen-bond donors (Lipinski definition) is 2. The summed E-state index contributed by atoms with van der Waals surface area (Å²) in [5, 5.41) is 7.93. The second kappa shape index (κ2) is 4.81. The van der Waals surface area contributed by atoms with E-state index in [-0.39, 0.29) is 21.6 Å². The van der Waals surface area contributed by atoms with Crippen LogP contribution >= 0.6 is 0 Å². The molecule has 0 bridgehead atoms. The Morgan fingerprint density at radius 1 is 1.14 bits per heavy atom. The third-order valence-corrected chi connectivity index (χ3v) is 6.16. The Labute approximate surface area is 126 Å². The first-order valence-corrected chi connectivity index (χ1v) is 8.43. The standard InChI is InChI=1S/C15H22N2O3S/c1-14(2)12(15(14,3)4)9-17-13(18)10-5-7-11(8-6-10)21(16,19)20/h5-8,12H,9H2,1-4H3,(H,17,18)(H2,16,19,20). The number of carbonyl (C=O) groups excluding carboxylic acids is 1. The highest BCUT2D eigenvalue weighted by atomic mass is 32.2. The van der Waals surface area contributed by atoms with Gasteiger partial charge in [-0.1, -0.05) is 27.7 Å². The first-order chi connectivity index (χ1) is 9.48. The predicted octanol–water partition coefficient (Wildman–Crippen LogP) is 1.75. The molecule has 21 heavy (non-hydrogen) atoms. The lowest BCUT2D eigenvalue weighted by atomic mass is 10.0. The Bertz CT molecular complexity index is 647. The van der Waals surface area contributed by atoms with Crippen LogP contribution in [0.4, 0.5) is 0 Å². The number of hydrogen-bond acceptors (Lipinski definition) is 3. The van der Waals surface area contributed by atoms with Crippen molar-refractivity contribution in [1.82, 2.24) is 5.32 Å². The fraction of sp³-hybridized carbons (Fsp3) is 0.533. The molecule has 1 amide bonds. The van der Waals surface area contributed by atoms with Crippen molar-refractivity contribution >= 4 is 15.9 Å². The Kier molecular flexibility index (Phi) is 3.66. The average molecular weight is 310 g/mol. The molecule has 0 aromatic heterocycles. The van der Waals surface area contributed by atoms with Gasteiger partial charge in [0.1, 0.15) is 0 Å². The lowest BCUT2D eigenvalue weighted by Gasteiger charge is -2.07. The minimum atomic E-state index is -3.72. The van der Waals surface area contributed by atoms with Crippen molar-refractivity contribution in [3.63, 3.8) is 0 Å². The number of benzene rings is 1. The molecule has 116 valence electrons. The third kappa shape index (κ3) is 2.82. The second-order valence-electron chi connectivity index (χ2n) is 6.78. The van der Waals surface area contributed by atoms with Gasteiger partial charge in [-0.05, 0) is 41.0 Å². The number of sulfonamides is 1. The minimum Gasteiger partial charge on any atom is -0.352 e. The first kappa shape index (κ1) is 16.0. The van der Waals surface area contributed by atoms with Crippen molar-refractivity contribution < 1.29 is 13.2 Å². The summed E-state index contributed by atoms with van der Waals surface area (Å²) in [5.74, 6) is 0.243. The zero-order chi connectivity index (χ0) is 16.1. The summed E-state index contributed by atoms with van der Waals surface area (Å²) in [4.78, 5) is 12.1. The largest absolute Gasteiger partial charge is 0.352 e. The van der Waals surface area contributed by atoms with Gasteiger partial charge >= 0.3 is 0 Å². The molecule has 5 nitrogen and oxygen atoms in total. The number of primary sulfonamides is 1. The van der Waals surface area contributed by atoms with Crippen LogP contribution in [0.15, 0.2) is 29.2 Å². The van der Waals surface area contributed by atoms with Gasteiger partial charge in [0.2, 0.25) is 10.0 Å². The molecule has 0 radical (unpaired) electrons. The number of nitrogens with two attached hydrogens (primary N) is 1. The van der Waals surface area contributed by atoms with Crippen molar-refractivity contribution in [2.24, 2.45) is 21.9 Å². The first-order valence-electron chi connectivity index (χ1n) is 6.89. The molecule has 3 N–H and O–H groups in total. The van der Waals surface area contributed by atoms with E-state index in [1.807, 2.05) is 0 Å². The summed E-state index contributed by atoms with van der Waals surface area (Å²) in [7, 11) is -3.72. The number of nitrogens with one attached hydrogen (secondary N) is 1. The van der Waals surface area contributed by atoms with E-state index in [0.717, 1.165) is 0 Å². The Hall–Kier alpha value is -1.40. The van der Waals surface area contributed by atoms with Crippen LogP contribution in [0, 0.1) is 16.7 Å². The normalized spacial score (nSPS) is 20.0. The predicted molar refractivity (Wildman–Crippen MR) is 81.2 cm³/mol. The van der Waals surface area contributed by atoms with Crippen LogP contribution in [-0.4, -0.2) is 20.9 Å². The molecule has 2 rings (SSSR count). The fourth-order valence-corrected chi connectivity index (χ4v) is 3.45. The summed E-state index contributed by atoms with van der Waals surface area (Å²) in [6.07, 6.45) is 0. The van der Waals surface area contributed by atoms with Gasteiger partial charge < -0.3 is 5.32 Å². The molecule has 0 unspecified atom stereocenters. The summed E-state index contributed by atoms with van der Waals surface area (Å²) in [5.41, 5.74) is 0.869. The van der Waals surface area contributed by atoms with Gasteiger partial charge in [-0.15, -0.1) is 0 Å². The minimum absolute atomic E-state index is 0.00325. The number of carbonyl (C=O) groups is 1. The molecule has 1 aliphatic rings. The number of rotatable bonds is 4. The molecule has 1 aromatic carbocycles. The summed E-state index contributed by atoms with van der Waals surface area (Å²) >= 11 is 0. The smallest absolute Gasteiger partial charge is 0.251 e. The molecule has 0 aliphatic heterocycles. The van der Waals surface area contributed by atoms with Crippen molar-refractivity contribution in [2.75, 3.05) is 6.54 Å². The molecule has 0 saturated heterocycles. The van der Waals surface area contributed by atoms with Crippen molar-refractivity contribution in [2.45, 2.75) is 32.6 Å². The molecule has 0 atom stereocenters. The van der Waals surface area contributed by atoms with Crippen molar-refractivity contribution in [3.8, 4) is 0 Å². The zero-order valence-electron chi connectivity index (χ0n) is 12.8. The SMILES string of the molecule is CC1(C)C(CNC(=O)c2ccc(S(N)(=O)=O)cc2)C1(C)C. The second-order valence-corrected chi connectivity index (χ2v) is 8.34. The molecule has 1 fully saturated rings. The van der Waals surface area contributed by atoms with Crippen LogP contribution in [0.1, 0.15) is 38.1 Å². The van der Waals surface area contributed by atoms with Crippen LogP contribution in [0.3, 0.4) is 0 Å². The lowest BCUT2D eigenvalue weighted by Crippen LogP contribution is -2.27. The lowest BCUT2D eigenvalue weighted by molar-refractivity contribution is 0.0950. The molecule has 6 heteroatoms. The topological polar surface area (TPSA) is 89.3 Å². The molecule has 0 spiro atoms.